The first-order valence-corrected chi connectivity index (χ1v) is 6.53. The standard InChI is InChI=1S/C14H13ClN4/c1-10(15)14-18-12-4-2-3-5-13(12)19(14)8-11-6-7-16-9-17-11/h2-7,9-10H,8H2,1H3. The molecule has 0 fully saturated rings. The fourth-order valence-corrected chi connectivity index (χ4v) is 2.30. The third kappa shape index (κ3) is 2.31. The topological polar surface area (TPSA) is 43.6 Å². The van der Waals surface area contributed by atoms with E-state index in [1.54, 1.807) is 12.5 Å². The van der Waals surface area contributed by atoms with Gasteiger partial charge in [0.2, 0.25) is 0 Å². The summed E-state index contributed by atoms with van der Waals surface area (Å²) < 4.78 is 2.11. The van der Waals surface area contributed by atoms with Crippen LogP contribution in [0.1, 0.15) is 23.8 Å². The Kier molecular flexibility index (Phi) is 3.17. The summed E-state index contributed by atoms with van der Waals surface area (Å²) in [6.07, 6.45) is 3.30. The zero-order chi connectivity index (χ0) is 13.2. The van der Waals surface area contributed by atoms with Gasteiger partial charge in [-0.3, -0.25) is 0 Å². The molecule has 3 rings (SSSR count). The van der Waals surface area contributed by atoms with Gasteiger partial charge in [0.25, 0.3) is 0 Å². The fraction of sp³-hybridized carbons (Fsp3) is 0.214. The van der Waals surface area contributed by atoms with Crippen LogP contribution in [-0.2, 0) is 6.54 Å². The molecule has 0 aliphatic rings. The van der Waals surface area contributed by atoms with E-state index in [0.717, 1.165) is 22.6 Å². The lowest BCUT2D eigenvalue weighted by atomic mass is 10.3. The summed E-state index contributed by atoms with van der Waals surface area (Å²) in [5, 5.41) is -0.144. The Bertz CT molecular complexity index is 691. The number of hydrogen-bond acceptors (Lipinski definition) is 3. The summed E-state index contributed by atoms with van der Waals surface area (Å²) in [5.41, 5.74) is 2.97. The molecule has 0 aliphatic carbocycles. The van der Waals surface area contributed by atoms with Gasteiger partial charge < -0.3 is 4.57 Å². The molecule has 0 radical (unpaired) electrons. The fourth-order valence-electron chi connectivity index (χ4n) is 2.14. The van der Waals surface area contributed by atoms with E-state index in [1.165, 1.54) is 0 Å². The van der Waals surface area contributed by atoms with Crippen LogP contribution in [0.4, 0.5) is 0 Å². The van der Waals surface area contributed by atoms with Crippen molar-refractivity contribution in [3.8, 4) is 0 Å². The molecule has 4 nitrogen and oxygen atoms in total. The summed E-state index contributed by atoms with van der Waals surface area (Å²) in [4.78, 5) is 12.8. The number of benzene rings is 1. The van der Waals surface area contributed by atoms with Gasteiger partial charge in [0.15, 0.2) is 0 Å². The van der Waals surface area contributed by atoms with Crippen LogP contribution in [0.2, 0.25) is 0 Å². The maximum absolute atomic E-state index is 6.23. The minimum Gasteiger partial charge on any atom is -0.321 e. The van der Waals surface area contributed by atoms with Crippen LogP contribution in [0, 0.1) is 0 Å². The Morgan fingerprint density at radius 1 is 1.26 bits per heavy atom. The smallest absolute Gasteiger partial charge is 0.128 e. The summed E-state index contributed by atoms with van der Waals surface area (Å²) in [7, 11) is 0. The predicted octanol–water partition coefficient (Wildman–Crippen LogP) is 3.17. The lowest BCUT2D eigenvalue weighted by molar-refractivity contribution is 0.725. The summed E-state index contributed by atoms with van der Waals surface area (Å²) >= 11 is 6.23. The van der Waals surface area contributed by atoms with Crippen LogP contribution in [-0.4, -0.2) is 19.5 Å². The van der Waals surface area contributed by atoms with Gasteiger partial charge in [-0.05, 0) is 25.1 Å². The van der Waals surface area contributed by atoms with Crippen LogP contribution in [0.5, 0.6) is 0 Å². The van der Waals surface area contributed by atoms with Crippen LogP contribution in [0.25, 0.3) is 11.0 Å². The molecule has 1 unspecified atom stereocenters. The number of imidazole rings is 1. The Hall–Kier alpha value is -1.94. The molecule has 0 saturated carbocycles. The molecule has 5 heteroatoms. The average Bonchev–Trinajstić information content (AvgIpc) is 2.79. The molecule has 2 heterocycles. The van der Waals surface area contributed by atoms with Gasteiger partial charge in [-0.15, -0.1) is 11.6 Å². The molecule has 2 aromatic heterocycles. The molecule has 0 spiro atoms. The van der Waals surface area contributed by atoms with Crippen LogP contribution in [0.15, 0.2) is 42.9 Å². The highest BCUT2D eigenvalue weighted by molar-refractivity contribution is 6.20. The number of rotatable bonds is 3. The van der Waals surface area contributed by atoms with Crippen molar-refractivity contribution < 1.29 is 0 Å². The Balaban J connectivity index is 2.12. The SMILES string of the molecule is CC(Cl)c1nc2ccccc2n1Cc1ccncn1. The van der Waals surface area contributed by atoms with Crippen molar-refractivity contribution in [2.24, 2.45) is 0 Å². The number of fused-ring (bicyclic) bond motifs is 1. The third-order valence-electron chi connectivity index (χ3n) is 3.00. The highest BCUT2D eigenvalue weighted by Crippen LogP contribution is 2.25. The number of hydrogen-bond donors (Lipinski definition) is 0. The van der Waals surface area contributed by atoms with E-state index in [1.807, 2.05) is 37.3 Å². The quantitative estimate of drug-likeness (QED) is 0.688. The minimum absolute atomic E-state index is 0.144. The van der Waals surface area contributed by atoms with E-state index in [9.17, 15) is 0 Å². The summed E-state index contributed by atoms with van der Waals surface area (Å²) in [5.74, 6) is 0.862. The highest BCUT2D eigenvalue weighted by atomic mass is 35.5. The molecular formula is C14H13ClN4. The summed E-state index contributed by atoms with van der Waals surface area (Å²) in [6.45, 7) is 2.58. The molecule has 19 heavy (non-hydrogen) atoms. The number of halogens is 1. The first kappa shape index (κ1) is 12.1. The van der Waals surface area contributed by atoms with Gasteiger partial charge in [-0.1, -0.05) is 12.1 Å². The molecule has 1 atom stereocenters. The largest absolute Gasteiger partial charge is 0.321 e. The van der Waals surface area contributed by atoms with Crippen molar-refractivity contribution >= 4 is 22.6 Å². The molecule has 0 saturated heterocycles. The number of para-hydroxylation sites is 2. The van der Waals surface area contributed by atoms with Crippen molar-refractivity contribution in [3.05, 3.63) is 54.4 Å². The third-order valence-corrected chi connectivity index (χ3v) is 3.20. The van der Waals surface area contributed by atoms with Gasteiger partial charge in [0, 0.05) is 6.20 Å². The van der Waals surface area contributed by atoms with Gasteiger partial charge in [0.1, 0.15) is 12.2 Å². The van der Waals surface area contributed by atoms with Gasteiger partial charge >= 0.3 is 0 Å². The van der Waals surface area contributed by atoms with Crippen molar-refractivity contribution in [2.75, 3.05) is 0 Å². The summed E-state index contributed by atoms with van der Waals surface area (Å²) in [6, 6.07) is 9.93. The van der Waals surface area contributed by atoms with E-state index in [4.69, 9.17) is 11.6 Å². The molecule has 0 N–H and O–H groups in total. The highest BCUT2D eigenvalue weighted by Gasteiger charge is 2.14. The Morgan fingerprint density at radius 3 is 2.84 bits per heavy atom. The molecule has 0 aliphatic heterocycles. The van der Waals surface area contributed by atoms with Crippen LogP contribution < -0.4 is 0 Å². The number of aromatic nitrogens is 4. The number of alkyl halides is 1. The average molecular weight is 273 g/mol. The van der Waals surface area contributed by atoms with E-state index in [0.29, 0.717) is 6.54 Å². The molecule has 96 valence electrons. The van der Waals surface area contributed by atoms with Crippen molar-refractivity contribution in [1.82, 2.24) is 19.5 Å². The van der Waals surface area contributed by atoms with Crippen LogP contribution >= 0.6 is 11.6 Å². The second-order valence-electron chi connectivity index (χ2n) is 4.36. The van der Waals surface area contributed by atoms with E-state index < -0.39 is 0 Å². The van der Waals surface area contributed by atoms with Crippen molar-refractivity contribution in [2.45, 2.75) is 18.8 Å². The molecule has 0 amide bonds. The predicted molar refractivity (Wildman–Crippen MR) is 75.1 cm³/mol. The normalized spacial score (nSPS) is 12.7. The zero-order valence-electron chi connectivity index (χ0n) is 10.5. The first-order chi connectivity index (χ1) is 9.25. The van der Waals surface area contributed by atoms with E-state index in [2.05, 4.69) is 19.5 Å². The monoisotopic (exact) mass is 272 g/mol. The number of nitrogens with zero attached hydrogens (tertiary/aromatic N) is 4. The van der Waals surface area contributed by atoms with E-state index in [-0.39, 0.29) is 5.38 Å². The van der Waals surface area contributed by atoms with Crippen molar-refractivity contribution in [3.63, 3.8) is 0 Å². The van der Waals surface area contributed by atoms with Gasteiger partial charge in [0.05, 0.1) is 28.6 Å². The minimum atomic E-state index is -0.144. The zero-order valence-corrected chi connectivity index (χ0v) is 11.2. The molecule has 1 aromatic carbocycles. The maximum atomic E-state index is 6.23. The second kappa shape index (κ2) is 4.97. The molecule has 3 aromatic rings. The first-order valence-electron chi connectivity index (χ1n) is 6.10. The van der Waals surface area contributed by atoms with Gasteiger partial charge in [-0.25, -0.2) is 15.0 Å². The van der Waals surface area contributed by atoms with Gasteiger partial charge in [-0.2, -0.15) is 0 Å². The second-order valence-corrected chi connectivity index (χ2v) is 5.02. The molecule has 0 bridgehead atoms. The Morgan fingerprint density at radius 2 is 2.11 bits per heavy atom. The molecular weight excluding hydrogens is 260 g/mol. The van der Waals surface area contributed by atoms with E-state index >= 15 is 0 Å². The van der Waals surface area contributed by atoms with Crippen molar-refractivity contribution in [1.29, 1.82) is 0 Å². The lowest BCUT2D eigenvalue weighted by Crippen LogP contribution is -2.07. The maximum Gasteiger partial charge on any atom is 0.128 e. The van der Waals surface area contributed by atoms with Crippen LogP contribution in [0.3, 0.4) is 0 Å². The Labute approximate surface area is 116 Å². The lowest BCUT2D eigenvalue weighted by Gasteiger charge is -2.09.